The lowest BCUT2D eigenvalue weighted by atomic mass is 10.1. The molecule has 0 spiro atoms. The zero-order valence-electron chi connectivity index (χ0n) is 26.2. The standard InChI is InChI=1S/C28H48N8P4/c1-25(2,3)33-37-29-21-17-13-15-19-23(21)31-39-35(27(7,8)9)40(36(39)28(10,11)12)32-24-20-16-14-18-22(24)30-38(33)34(37)26(4,5)6/h13-20,29-32H,1-12H3. The van der Waals surface area contributed by atoms with Gasteiger partial charge in [-0.25, -0.2) is 0 Å². The molecule has 4 N–H and O–H groups in total. The summed E-state index contributed by atoms with van der Waals surface area (Å²) in [5.41, 5.74) is 4.62. The molecule has 8 rings (SSSR count). The first-order chi connectivity index (χ1) is 18.4. The fourth-order valence-corrected chi connectivity index (χ4v) is 17.1. The third-order valence-electron chi connectivity index (χ3n) is 6.57. The Morgan fingerprint density at radius 2 is 0.550 bits per heavy atom. The maximum atomic E-state index is 4.06. The average Bonchev–Trinajstić information content (AvgIpc) is 2.74. The molecule has 0 atom stereocenters. The molecule has 4 bridgehead atoms. The highest BCUT2D eigenvalue weighted by molar-refractivity contribution is 7.67. The van der Waals surface area contributed by atoms with Crippen LogP contribution in [0.4, 0.5) is 22.7 Å². The van der Waals surface area contributed by atoms with Gasteiger partial charge in [-0.15, -0.1) is 0 Å². The van der Waals surface area contributed by atoms with Gasteiger partial charge in [0.05, 0.1) is 22.7 Å². The SMILES string of the molecule is CC(C)(C)n1p2n(C(C)(C)C)p1Nc1ccccc1Np1n(C(C)(C)C)p(n1C(C)(C)C)Nc1ccccc1N2. The van der Waals surface area contributed by atoms with Crippen LogP contribution in [0.1, 0.15) is 83.1 Å². The van der Waals surface area contributed by atoms with Crippen LogP contribution in [0.15, 0.2) is 48.5 Å². The second-order valence-electron chi connectivity index (χ2n) is 14.5. The van der Waals surface area contributed by atoms with Crippen molar-refractivity contribution in [3.8, 4) is 0 Å². The molecule has 0 fully saturated rings. The van der Waals surface area contributed by atoms with E-state index in [1.54, 1.807) is 0 Å². The van der Waals surface area contributed by atoms with Gasteiger partial charge >= 0.3 is 0 Å². The minimum atomic E-state index is -0.798. The van der Waals surface area contributed by atoms with E-state index in [1.165, 1.54) is 22.7 Å². The van der Waals surface area contributed by atoms with Crippen LogP contribution in [-0.2, 0) is 22.2 Å². The van der Waals surface area contributed by atoms with Crippen molar-refractivity contribution in [2.24, 2.45) is 0 Å². The van der Waals surface area contributed by atoms with Crippen LogP contribution in [0.25, 0.3) is 0 Å². The smallest absolute Gasteiger partial charge is 0.144 e. The predicted molar refractivity (Wildman–Crippen MR) is 182 cm³/mol. The van der Waals surface area contributed by atoms with Gasteiger partial charge < -0.3 is 20.3 Å². The van der Waals surface area contributed by atoms with Crippen molar-refractivity contribution in [1.82, 2.24) is 16.4 Å². The Balaban J connectivity index is 1.82. The quantitative estimate of drug-likeness (QED) is 0.139. The van der Waals surface area contributed by atoms with Crippen LogP contribution >= 0.6 is 32.0 Å². The van der Waals surface area contributed by atoms with E-state index >= 15 is 0 Å². The normalized spacial score (nSPS) is 16.1. The Morgan fingerprint density at radius 1 is 0.375 bits per heavy atom. The second-order valence-corrected chi connectivity index (χ2v) is 22.2. The largest absolute Gasteiger partial charge is 0.314 e. The average molecular weight is 621 g/mol. The summed E-state index contributed by atoms with van der Waals surface area (Å²) in [6.07, 6.45) is 0. The lowest BCUT2D eigenvalue weighted by Gasteiger charge is -2.45. The summed E-state index contributed by atoms with van der Waals surface area (Å²) in [4.78, 5) is 0. The van der Waals surface area contributed by atoms with E-state index in [0.717, 1.165) is 0 Å². The van der Waals surface area contributed by atoms with Crippen LogP contribution in [0, 0.1) is 0 Å². The molecule has 40 heavy (non-hydrogen) atoms. The maximum Gasteiger partial charge on any atom is 0.144 e. The van der Waals surface area contributed by atoms with Gasteiger partial charge in [-0.1, -0.05) is 24.3 Å². The summed E-state index contributed by atoms with van der Waals surface area (Å²) < 4.78 is 10.7. The highest BCUT2D eigenvalue weighted by Gasteiger charge is 2.37. The van der Waals surface area contributed by atoms with Gasteiger partial charge in [0, 0.05) is 22.2 Å². The molecule has 0 amide bonds. The Bertz CT molecular complexity index is 1290. The van der Waals surface area contributed by atoms with Crippen molar-refractivity contribution in [3.05, 3.63) is 48.5 Å². The number of benzene rings is 2. The molecule has 0 aliphatic carbocycles. The fourth-order valence-electron chi connectivity index (χ4n) is 5.02. The summed E-state index contributed by atoms with van der Waals surface area (Å²) in [6.45, 7) is 28.0. The first-order valence-corrected chi connectivity index (χ1v) is 19.0. The number of aromatic nitrogens is 4. The molecule has 220 valence electrons. The molecule has 12 heteroatoms. The lowest BCUT2D eigenvalue weighted by Crippen LogP contribution is -2.36. The molecule has 4 aliphatic heterocycles. The van der Waals surface area contributed by atoms with E-state index in [4.69, 9.17) is 0 Å². The van der Waals surface area contributed by atoms with E-state index in [0.29, 0.717) is 0 Å². The Hall–Kier alpha value is -1.96. The van der Waals surface area contributed by atoms with Gasteiger partial charge in [-0.2, -0.15) is 0 Å². The summed E-state index contributed by atoms with van der Waals surface area (Å²) in [6, 6.07) is 17.5. The molecule has 6 heterocycles. The molecule has 2 aromatic heterocycles. The monoisotopic (exact) mass is 620 g/mol. The van der Waals surface area contributed by atoms with Gasteiger partial charge in [-0.05, 0) is 107 Å². The minimum Gasteiger partial charge on any atom is -0.314 e. The summed E-state index contributed by atoms with van der Waals surface area (Å²) >= 11 is 0. The molecule has 0 saturated heterocycles. The molecule has 4 aliphatic rings. The molecule has 0 unspecified atom stereocenters. The number of nitrogens with one attached hydrogen (secondary N) is 4. The Morgan fingerprint density at radius 3 is 0.700 bits per heavy atom. The van der Waals surface area contributed by atoms with Crippen LogP contribution in [-0.4, -0.2) is 16.4 Å². The first kappa shape index (κ1) is 29.5. The van der Waals surface area contributed by atoms with Crippen molar-refractivity contribution >= 4 is 54.8 Å². The van der Waals surface area contributed by atoms with Crippen molar-refractivity contribution in [3.63, 3.8) is 0 Å². The third kappa shape index (κ3) is 5.22. The topological polar surface area (TPSA) is 67.8 Å². The molecule has 8 nitrogen and oxygen atoms in total. The van der Waals surface area contributed by atoms with Crippen LogP contribution in [0.3, 0.4) is 0 Å². The molecule has 0 radical (unpaired) electrons. The lowest BCUT2D eigenvalue weighted by molar-refractivity contribution is 0.408. The molecular formula is C28H48N8P4. The van der Waals surface area contributed by atoms with Crippen molar-refractivity contribution < 1.29 is 0 Å². The van der Waals surface area contributed by atoms with Gasteiger partial charge in [0.2, 0.25) is 0 Å². The van der Waals surface area contributed by atoms with Gasteiger partial charge in [-0.3, -0.25) is 16.4 Å². The minimum absolute atomic E-state index is 0.0106. The van der Waals surface area contributed by atoms with E-state index < -0.39 is 32.0 Å². The highest BCUT2D eigenvalue weighted by atomic mass is 31.2. The highest BCUT2D eigenvalue weighted by Crippen LogP contribution is 2.59. The molecular weight excluding hydrogens is 572 g/mol. The number of para-hydroxylation sites is 4. The Kier molecular flexibility index (Phi) is 7.24. The molecule has 4 aromatic rings. The summed E-state index contributed by atoms with van der Waals surface area (Å²) in [5.74, 6) is 0. The summed E-state index contributed by atoms with van der Waals surface area (Å²) in [5, 5.41) is 16.2. The number of rotatable bonds is 0. The van der Waals surface area contributed by atoms with E-state index in [2.05, 4.69) is 168 Å². The fraction of sp³-hybridized carbons (Fsp3) is 0.571. The van der Waals surface area contributed by atoms with E-state index in [-0.39, 0.29) is 22.2 Å². The van der Waals surface area contributed by atoms with Crippen LogP contribution in [0.2, 0.25) is 0 Å². The second kappa shape index (κ2) is 9.81. The number of anilines is 4. The van der Waals surface area contributed by atoms with E-state index in [1.807, 2.05) is 0 Å². The molecule has 2 aromatic carbocycles. The number of hydrogen-bond acceptors (Lipinski definition) is 4. The maximum absolute atomic E-state index is 4.06. The van der Waals surface area contributed by atoms with Gasteiger partial charge in [0.15, 0.2) is 0 Å². The predicted octanol–water partition coefficient (Wildman–Crippen LogP) is 10.8. The zero-order chi connectivity index (χ0) is 29.4. The van der Waals surface area contributed by atoms with Crippen molar-refractivity contribution in [2.45, 2.75) is 105 Å². The molecule has 0 saturated carbocycles. The summed E-state index contributed by atoms with van der Waals surface area (Å²) in [7, 11) is -3.19. The van der Waals surface area contributed by atoms with Crippen LogP contribution in [0.5, 0.6) is 0 Å². The van der Waals surface area contributed by atoms with E-state index in [9.17, 15) is 0 Å². The van der Waals surface area contributed by atoms with Gasteiger partial charge in [0.1, 0.15) is 32.0 Å². The number of nitrogens with zero attached hydrogens (tertiary/aromatic N) is 4. The Labute approximate surface area is 244 Å². The van der Waals surface area contributed by atoms with Crippen molar-refractivity contribution in [2.75, 3.05) is 20.3 Å². The number of hydrogen-bond donors (Lipinski definition) is 4. The van der Waals surface area contributed by atoms with Crippen molar-refractivity contribution in [1.29, 1.82) is 0 Å². The first-order valence-electron chi connectivity index (χ1n) is 14.0. The van der Waals surface area contributed by atoms with Crippen LogP contribution < -0.4 is 20.3 Å². The third-order valence-corrected chi connectivity index (χ3v) is 20.1. The zero-order valence-corrected chi connectivity index (χ0v) is 29.8. The van der Waals surface area contributed by atoms with Gasteiger partial charge in [0.25, 0.3) is 0 Å².